The first kappa shape index (κ1) is 20.7. The molecular formula is C23H25FN6O. The number of anilines is 4. The third kappa shape index (κ3) is 4.79. The van der Waals surface area contributed by atoms with E-state index in [1.54, 1.807) is 6.07 Å². The first-order valence-corrected chi connectivity index (χ1v) is 10.3. The molecule has 1 amide bonds. The van der Waals surface area contributed by atoms with Crippen LogP contribution in [0.25, 0.3) is 0 Å². The predicted octanol–water partition coefficient (Wildman–Crippen LogP) is 4.41. The first-order chi connectivity index (χ1) is 15.0. The number of nitrogens with zero attached hydrogens (tertiary/aromatic N) is 4. The highest BCUT2D eigenvalue weighted by molar-refractivity contribution is 5.90. The zero-order chi connectivity index (χ0) is 21.8. The highest BCUT2D eigenvalue weighted by Gasteiger charge is 2.24. The Labute approximate surface area is 180 Å². The molecule has 0 saturated carbocycles. The summed E-state index contributed by atoms with van der Waals surface area (Å²) in [7, 11) is 0. The molecule has 1 aliphatic rings. The predicted molar refractivity (Wildman–Crippen MR) is 119 cm³/mol. The number of carbonyl (C=O) groups excluding carboxylic acids is 1. The number of halogens is 1. The van der Waals surface area contributed by atoms with Crippen LogP contribution in [0.15, 0.2) is 48.8 Å². The second-order valence-electron chi connectivity index (χ2n) is 7.68. The van der Waals surface area contributed by atoms with Crippen molar-refractivity contribution in [3.63, 3.8) is 0 Å². The molecule has 0 spiro atoms. The molecule has 0 radical (unpaired) electrons. The molecule has 7 nitrogen and oxygen atoms in total. The monoisotopic (exact) mass is 420 g/mol. The normalized spacial score (nSPS) is 14.4. The second-order valence-corrected chi connectivity index (χ2v) is 7.68. The van der Waals surface area contributed by atoms with Gasteiger partial charge < -0.3 is 15.5 Å². The summed E-state index contributed by atoms with van der Waals surface area (Å²) >= 11 is 0. The molecule has 1 fully saturated rings. The van der Waals surface area contributed by atoms with E-state index in [0.717, 1.165) is 48.4 Å². The highest BCUT2D eigenvalue weighted by atomic mass is 19.1. The standard InChI is InChI=1S/C23H25FN6O/c1-15-20(27-16(2)31)8-5-9-21(15)28-22-25-14-26-23(29-22)30-12-10-17(11-13-30)18-6-3-4-7-19(18)24/h3-9,14,17H,10-13H2,1-2H3,(H,27,31)(H,25,26,28,29). The van der Waals surface area contributed by atoms with Gasteiger partial charge >= 0.3 is 0 Å². The molecule has 2 aromatic carbocycles. The largest absolute Gasteiger partial charge is 0.341 e. The van der Waals surface area contributed by atoms with Crippen LogP contribution in [0.5, 0.6) is 0 Å². The lowest BCUT2D eigenvalue weighted by Crippen LogP contribution is -2.34. The Bertz CT molecular complexity index is 1080. The quantitative estimate of drug-likeness (QED) is 0.636. The van der Waals surface area contributed by atoms with Crippen molar-refractivity contribution in [3.8, 4) is 0 Å². The van der Waals surface area contributed by atoms with Gasteiger partial charge in [0.05, 0.1) is 0 Å². The number of benzene rings is 2. The minimum absolute atomic E-state index is 0.124. The van der Waals surface area contributed by atoms with Crippen molar-refractivity contribution >= 4 is 29.2 Å². The van der Waals surface area contributed by atoms with Gasteiger partial charge in [0.2, 0.25) is 17.8 Å². The number of nitrogens with one attached hydrogen (secondary N) is 2. The van der Waals surface area contributed by atoms with Crippen LogP contribution in [0.1, 0.15) is 36.8 Å². The van der Waals surface area contributed by atoms with Gasteiger partial charge in [0, 0.05) is 31.4 Å². The molecule has 160 valence electrons. The molecule has 8 heteroatoms. The van der Waals surface area contributed by atoms with Crippen LogP contribution in [0.2, 0.25) is 0 Å². The molecule has 1 aromatic heterocycles. The molecule has 2 N–H and O–H groups in total. The van der Waals surface area contributed by atoms with E-state index in [4.69, 9.17) is 0 Å². The molecular weight excluding hydrogens is 395 g/mol. The minimum atomic E-state index is -0.135. The van der Waals surface area contributed by atoms with Crippen LogP contribution < -0.4 is 15.5 Å². The van der Waals surface area contributed by atoms with Gasteiger partial charge in [-0.15, -0.1) is 0 Å². The maximum Gasteiger partial charge on any atom is 0.232 e. The number of hydrogen-bond donors (Lipinski definition) is 2. The van der Waals surface area contributed by atoms with E-state index in [1.165, 1.54) is 19.3 Å². The summed E-state index contributed by atoms with van der Waals surface area (Å²) in [5, 5.41) is 6.03. The fourth-order valence-corrected chi connectivity index (χ4v) is 3.91. The van der Waals surface area contributed by atoms with Crippen molar-refractivity contribution in [2.75, 3.05) is 28.6 Å². The number of aromatic nitrogens is 3. The molecule has 2 heterocycles. The van der Waals surface area contributed by atoms with Crippen molar-refractivity contribution in [1.82, 2.24) is 15.0 Å². The molecule has 1 aliphatic heterocycles. The van der Waals surface area contributed by atoms with Crippen LogP contribution in [-0.2, 0) is 4.79 Å². The molecule has 3 aromatic rings. The highest BCUT2D eigenvalue weighted by Crippen LogP contribution is 2.31. The maximum absolute atomic E-state index is 14.1. The van der Waals surface area contributed by atoms with E-state index in [2.05, 4.69) is 30.5 Å². The molecule has 0 aliphatic carbocycles. The fourth-order valence-electron chi connectivity index (χ4n) is 3.91. The van der Waals surface area contributed by atoms with Crippen LogP contribution in [-0.4, -0.2) is 33.9 Å². The molecule has 1 saturated heterocycles. The Hall–Kier alpha value is -3.55. The van der Waals surface area contributed by atoms with Gasteiger partial charge in [0.1, 0.15) is 12.1 Å². The summed E-state index contributed by atoms with van der Waals surface area (Å²) < 4.78 is 14.1. The fraction of sp³-hybridized carbons (Fsp3) is 0.304. The van der Waals surface area contributed by atoms with Crippen LogP contribution >= 0.6 is 0 Å². The maximum atomic E-state index is 14.1. The molecule has 0 bridgehead atoms. The molecule has 4 rings (SSSR count). The summed E-state index contributed by atoms with van der Waals surface area (Å²) in [5.41, 5.74) is 3.23. The van der Waals surface area contributed by atoms with Gasteiger partial charge in [-0.25, -0.2) is 14.4 Å². The Morgan fingerprint density at radius 1 is 1.06 bits per heavy atom. The molecule has 0 unspecified atom stereocenters. The molecule has 0 atom stereocenters. The average molecular weight is 420 g/mol. The lowest BCUT2D eigenvalue weighted by atomic mass is 9.89. The van der Waals surface area contributed by atoms with E-state index < -0.39 is 0 Å². The van der Waals surface area contributed by atoms with Crippen LogP contribution in [0.4, 0.5) is 27.7 Å². The Morgan fingerprint density at radius 2 is 1.81 bits per heavy atom. The Kier molecular flexibility index (Phi) is 6.06. The number of carbonyl (C=O) groups is 1. The van der Waals surface area contributed by atoms with Crippen molar-refractivity contribution in [1.29, 1.82) is 0 Å². The van der Waals surface area contributed by atoms with E-state index in [0.29, 0.717) is 11.9 Å². The van der Waals surface area contributed by atoms with Gasteiger partial charge in [-0.3, -0.25) is 4.79 Å². The third-order valence-electron chi connectivity index (χ3n) is 5.57. The van der Waals surface area contributed by atoms with Gasteiger partial charge in [-0.05, 0) is 55.0 Å². The van der Waals surface area contributed by atoms with Crippen molar-refractivity contribution in [3.05, 3.63) is 65.7 Å². The van der Waals surface area contributed by atoms with Gasteiger partial charge in [0.25, 0.3) is 0 Å². The van der Waals surface area contributed by atoms with Crippen molar-refractivity contribution in [2.24, 2.45) is 0 Å². The average Bonchev–Trinajstić information content (AvgIpc) is 2.77. The second kappa shape index (κ2) is 9.07. The zero-order valence-electron chi connectivity index (χ0n) is 17.6. The van der Waals surface area contributed by atoms with Gasteiger partial charge in [-0.2, -0.15) is 4.98 Å². The SMILES string of the molecule is CC(=O)Nc1cccc(Nc2ncnc(N3CCC(c4ccccc4F)CC3)n2)c1C. The lowest BCUT2D eigenvalue weighted by molar-refractivity contribution is -0.114. The lowest BCUT2D eigenvalue weighted by Gasteiger charge is -2.32. The molecule has 31 heavy (non-hydrogen) atoms. The van der Waals surface area contributed by atoms with E-state index in [9.17, 15) is 9.18 Å². The topological polar surface area (TPSA) is 83.0 Å². The minimum Gasteiger partial charge on any atom is -0.341 e. The van der Waals surface area contributed by atoms with Crippen molar-refractivity contribution in [2.45, 2.75) is 32.6 Å². The van der Waals surface area contributed by atoms with Crippen LogP contribution in [0.3, 0.4) is 0 Å². The van der Waals surface area contributed by atoms with Crippen molar-refractivity contribution < 1.29 is 9.18 Å². The third-order valence-corrected chi connectivity index (χ3v) is 5.57. The van der Waals surface area contributed by atoms with Crippen LogP contribution in [0, 0.1) is 12.7 Å². The Balaban J connectivity index is 1.45. The van der Waals surface area contributed by atoms with Gasteiger partial charge in [-0.1, -0.05) is 24.3 Å². The summed E-state index contributed by atoms with van der Waals surface area (Å²) in [6.45, 7) is 4.90. The van der Waals surface area contributed by atoms with E-state index >= 15 is 0 Å². The first-order valence-electron chi connectivity index (χ1n) is 10.3. The summed E-state index contributed by atoms with van der Waals surface area (Å²) in [4.78, 5) is 26.6. The smallest absolute Gasteiger partial charge is 0.232 e. The number of amides is 1. The summed E-state index contributed by atoms with van der Waals surface area (Å²) in [6.07, 6.45) is 3.17. The number of piperidine rings is 1. The zero-order valence-corrected chi connectivity index (χ0v) is 17.6. The number of rotatable bonds is 5. The Morgan fingerprint density at radius 3 is 2.55 bits per heavy atom. The summed E-state index contributed by atoms with van der Waals surface area (Å²) in [5.74, 6) is 0.978. The summed E-state index contributed by atoms with van der Waals surface area (Å²) in [6, 6.07) is 12.6. The number of hydrogen-bond acceptors (Lipinski definition) is 6. The van der Waals surface area contributed by atoms with E-state index in [-0.39, 0.29) is 17.6 Å². The van der Waals surface area contributed by atoms with E-state index in [1.807, 2.05) is 37.3 Å². The van der Waals surface area contributed by atoms with Gasteiger partial charge in [0.15, 0.2) is 0 Å².